The Morgan fingerprint density at radius 1 is 1.67 bits per heavy atom. The zero-order chi connectivity index (χ0) is 11.6. The minimum absolute atomic E-state index is 0.276. The fourth-order valence-electron chi connectivity index (χ4n) is 0.920. The van der Waals surface area contributed by atoms with E-state index in [2.05, 4.69) is 21.2 Å². The molecular formula is C10H14BrNO3. The van der Waals surface area contributed by atoms with Crippen LogP contribution in [0.2, 0.25) is 0 Å². The smallest absolute Gasteiger partial charge is 0.256 e. The molecule has 4 nitrogen and oxygen atoms in total. The van der Waals surface area contributed by atoms with Crippen molar-refractivity contribution in [3.8, 4) is 0 Å². The highest BCUT2D eigenvalue weighted by Gasteiger charge is 2.27. The van der Waals surface area contributed by atoms with Crippen molar-refractivity contribution in [3.63, 3.8) is 0 Å². The second-order valence-corrected chi connectivity index (χ2v) is 4.68. The van der Waals surface area contributed by atoms with Crippen LogP contribution >= 0.6 is 15.9 Å². The number of hydrogen-bond acceptors (Lipinski definition) is 3. The third-order valence-electron chi connectivity index (χ3n) is 2.34. The molecule has 15 heavy (non-hydrogen) atoms. The first-order valence-electron chi connectivity index (χ1n) is 4.58. The van der Waals surface area contributed by atoms with Crippen molar-refractivity contribution in [2.24, 2.45) is 0 Å². The summed E-state index contributed by atoms with van der Waals surface area (Å²) in [6.07, 6.45) is 0.793. The van der Waals surface area contributed by atoms with Gasteiger partial charge in [0, 0.05) is 0 Å². The summed E-state index contributed by atoms with van der Waals surface area (Å²) in [6.45, 7) is 5.14. The van der Waals surface area contributed by atoms with Crippen molar-refractivity contribution < 1.29 is 14.3 Å². The van der Waals surface area contributed by atoms with E-state index < -0.39 is 11.6 Å². The quantitative estimate of drug-likeness (QED) is 0.886. The number of carbonyl (C=O) groups is 1. The monoisotopic (exact) mass is 275 g/mol. The summed E-state index contributed by atoms with van der Waals surface area (Å²) in [5.41, 5.74) is -0.253. The lowest BCUT2D eigenvalue weighted by Crippen LogP contribution is -2.50. The third kappa shape index (κ3) is 2.82. The van der Waals surface area contributed by atoms with E-state index in [1.54, 1.807) is 26.8 Å². The van der Waals surface area contributed by atoms with Crippen molar-refractivity contribution in [1.82, 2.24) is 5.32 Å². The Balaban J connectivity index is 2.77. The van der Waals surface area contributed by atoms with Crippen LogP contribution in [0.3, 0.4) is 0 Å². The lowest BCUT2D eigenvalue weighted by atomic mass is 9.98. The summed E-state index contributed by atoms with van der Waals surface area (Å²) in [5, 5.41) is 12.2. The van der Waals surface area contributed by atoms with Crippen LogP contribution in [0.25, 0.3) is 0 Å². The highest BCUT2D eigenvalue weighted by Crippen LogP contribution is 2.19. The lowest BCUT2D eigenvalue weighted by molar-refractivity contribution is 0.0708. The van der Waals surface area contributed by atoms with Gasteiger partial charge in [-0.05, 0) is 42.8 Å². The summed E-state index contributed by atoms with van der Waals surface area (Å²) < 4.78 is 5.34. The Kier molecular flexibility index (Phi) is 3.57. The Morgan fingerprint density at radius 3 is 2.67 bits per heavy atom. The fourth-order valence-corrected chi connectivity index (χ4v) is 1.34. The molecule has 1 aromatic rings. The molecule has 0 aromatic carbocycles. The van der Waals surface area contributed by atoms with Gasteiger partial charge in [-0.2, -0.15) is 0 Å². The average molecular weight is 276 g/mol. The van der Waals surface area contributed by atoms with E-state index in [1.165, 1.54) is 6.26 Å². The Morgan fingerprint density at radius 2 is 2.27 bits per heavy atom. The van der Waals surface area contributed by atoms with Crippen LogP contribution in [0.4, 0.5) is 0 Å². The molecule has 0 saturated carbocycles. The summed E-state index contributed by atoms with van der Waals surface area (Å²) in [4.78, 5) is 11.7. The molecule has 0 bridgehead atoms. The number of halogens is 1. The van der Waals surface area contributed by atoms with Crippen LogP contribution in [-0.4, -0.2) is 22.7 Å². The molecule has 0 fully saturated rings. The van der Waals surface area contributed by atoms with Crippen LogP contribution < -0.4 is 5.32 Å². The normalized spacial score (nSPS) is 13.7. The minimum atomic E-state index is -0.673. The second kappa shape index (κ2) is 4.37. The largest absolute Gasteiger partial charge is 0.457 e. The Labute approximate surface area is 96.8 Å². The average Bonchev–Trinajstić information content (AvgIpc) is 2.50. The van der Waals surface area contributed by atoms with Gasteiger partial charge in [0.15, 0.2) is 4.67 Å². The van der Waals surface area contributed by atoms with E-state index in [-0.39, 0.29) is 5.91 Å². The number of aliphatic hydroxyl groups is 1. The molecule has 1 amide bonds. The molecular weight excluding hydrogens is 262 g/mol. The standard InChI is InChI=1S/C10H14BrNO3/c1-6(13)10(2,3)12-9(14)7-4-5-15-8(7)11/h4-6,13H,1-3H3,(H,12,14). The SMILES string of the molecule is CC(O)C(C)(C)NC(=O)c1ccoc1Br. The minimum Gasteiger partial charge on any atom is -0.457 e. The predicted molar refractivity (Wildman–Crippen MR) is 59.6 cm³/mol. The molecule has 2 N–H and O–H groups in total. The van der Waals surface area contributed by atoms with Gasteiger partial charge in [0.25, 0.3) is 5.91 Å². The maximum absolute atomic E-state index is 11.7. The van der Waals surface area contributed by atoms with Crippen LogP contribution in [0, 0.1) is 0 Å². The first-order valence-corrected chi connectivity index (χ1v) is 5.37. The highest BCUT2D eigenvalue weighted by atomic mass is 79.9. The van der Waals surface area contributed by atoms with Gasteiger partial charge in [0.05, 0.1) is 23.5 Å². The maximum Gasteiger partial charge on any atom is 0.256 e. The van der Waals surface area contributed by atoms with Gasteiger partial charge < -0.3 is 14.8 Å². The maximum atomic E-state index is 11.7. The van der Waals surface area contributed by atoms with Gasteiger partial charge in [-0.3, -0.25) is 4.79 Å². The molecule has 0 aliphatic carbocycles. The molecule has 84 valence electrons. The van der Waals surface area contributed by atoms with Gasteiger partial charge in [0.2, 0.25) is 0 Å². The third-order valence-corrected chi connectivity index (χ3v) is 2.96. The number of rotatable bonds is 3. The number of aliphatic hydroxyl groups excluding tert-OH is 1. The molecule has 1 unspecified atom stereocenters. The molecule has 1 rings (SSSR count). The molecule has 5 heteroatoms. The topological polar surface area (TPSA) is 62.5 Å². The van der Waals surface area contributed by atoms with Gasteiger partial charge >= 0.3 is 0 Å². The Hall–Kier alpha value is -0.810. The van der Waals surface area contributed by atoms with Crippen LogP contribution in [0.5, 0.6) is 0 Å². The molecule has 0 radical (unpaired) electrons. The first kappa shape index (κ1) is 12.3. The predicted octanol–water partition coefficient (Wildman–Crippen LogP) is 1.93. The van der Waals surface area contributed by atoms with Crippen molar-refractivity contribution in [2.75, 3.05) is 0 Å². The van der Waals surface area contributed by atoms with E-state index in [9.17, 15) is 9.90 Å². The molecule has 0 spiro atoms. The highest BCUT2D eigenvalue weighted by molar-refractivity contribution is 9.10. The van der Waals surface area contributed by atoms with Crippen molar-refractivity contribution in [3.05, 3.63) is 22.6 Å². The number of hydrogen-bond donors (Lipinski definition) is 2. The number of amides is 1. The van der Waals surface area contributed by atoms with Gasteiger partial charge in [0.1, 0.15) is 0 Å². The zero-order valence-electron chi connectivity index (χ0n) is 8.87. The number of carbonyl (C=O) groups excluding carboxylic acids is 1. The van der Waals surface area contributed by atoms with Gasteiger partial charge in [-0.25, -0.2) is 0 Å². The second-order valence-electron chi connectivity index (χ2n) is 3.96. The summed E-state index contributed by atoms with van der Waals surface area (Å²) in [5.74, 6) is -0.276. The molecule has 0 aliphatic rings. The van der Waals surface area contributed by atoms with E-state index in [0.717, 1.165) is 0 Å². The van der Waals surface area contributed by atoms with Crippen molar-refractivity contribution >= 4 is 21.8 Å². The number of nitrogens with one attached hydrogen (secondary N) is 1. The van der Waals surface area contributed by atoms with E-state index in [4.69, 9.17) is 4.42 Å². The zero-order valence-corrected chi connectivity index (χ0v) is 10.5. The molecule has 1 atom stereocenters. The van der Waals surface area contributed by atoms with Crippen LogP contribution in [0.15, 0.2) is 21.4 Å². The lowest BCUT2D eigenvalue weighted by Gasteiger charge is -2.29. The fraction of sp³-hybridized carbons (Fsp3) is 0.500. The van der Waals surface area contributed by atoms with Gasteiger partial charge in [-0.1, -0.05) is 0 Å². The summed E-state index contributed by atoms with van der Waals surface area (Å²) >= 11 is 3.12. The van der Waals surface area contributed by atoms with Crippen molar-refractivity contribution in [1.29, 1.82) is 0 Å². The molecule has 0 aliphatic heterocycles. The van der Waals surface area contributed by atoms with E-state index >= 15 is 0 Å². The molecule has 1 heterocycles. The van der Waals surface area contributed by atoms with Crippen molar-refractivity contribution in [2.45, 2.75) is 32.4 Å². The molecule has 0 saturated heterocycles. The van der Waals surface area contributed by atoms with Crippen LogP contribution in [-0.2, 0) is 0 Å². The summed E-state index contributed by atoms with van der Waals surface area (Å²) in [6, 6.07) is 1.57. The van der Waals surface area contributed by atoms with Crippen LogP contribution in [0.1, 0.15) is 31.1 Å². The van der Waals surface area contributed by atoms with E-state index in [1.807, 2.05) is 0 Å². The summed E-state index contributed by atoms with van der Waals surface area (Å²) in [7, 11) is 0. The van der Waals surface area contributed by atoms with Gasteiger partial charge in [-0.15, -0.1) is 0 Å². The number of furan rings is 1. The Bertz CT molecular complexity index is 357. The van der Waals surface area contributed by atoms with E-state index in [0.29, 0.717) is 10.2 Å². The molecule has 1 aromatic heterocycles. The first-order chi connectivity index (χ1) is 6.84.